The van der Waals surface area contributed by atoms with E-state index in [2.05, 4.69) is 14.7 Å². The van der Waals surface area contributed by atoms with E-state index < -0.39 is 32.6 Å². The number of aromatic nitrogens is 2. The molecule has 1 heterocycles. The normalized spacial score (nSPS) is 13.3. The fraction of sp³-hybridized carbons (Fsp3) is 0.250. The minimum Gasteiger partial charge on any atom is -0.399 e. The molecule has 0 saturated carbocycles. The van der Waals surface area contributed by atoms with Gasteiger partial charge in [0, 0.05) is 18.1 Å². The quantitative estimate of drug-likeness (QED) is 0.731. The van der Waals surface area contributed by atoms with Gasteiger partial charge in [-0.25, -0.2) is 26.9 Å². The van der Waals surface area contributed by atoms with Gasteiger partial charge in [-0.3, -0.25) is 0 Å². The highest BCUT2D eigenvalue weighted by molar-refractivity contribution is 7.89. The van der Waals surface area contributed by atoms with E-state index in [9.17, 15) is 17.2 Å². The van der Waals surface area contributed by atoms with Crippen LogP contribution >= 0.6 is 0 Å². The molecule has 2 rings (SSSR count). The van der Waals surface area contributed by atoms with Crippen molar-refractivity contribution in [2.75, 3.05) is 5.73 Å². The summed E-state index contributed by atoms with van der Waals surface area (Å²) >= 11 is 0. The summed E-state index contributed by atoms with van der Waals surface area (Å²) in [4.78, 5) is 5.64. The molecule has 9 heteroatoms. The summed E-state index contributed by atoms with van der Waals surface area (Å²) in [5.41, 5.74) is 5.07. The van der Waals surface area contributed by atoms with Crippen molar-refractivity contribution in [2.45, 2.75) is 24.3 Å². The number of rotatable bonds is 5. The predicted molar refractivity (Wildman–Crippen MR) is 72.7 cm³/mol. The number of halogens is 2. The van der Waals surface area contributed by atoms with Crippen LogP contribution in [0.15, 0.2) is 29.4 Å². The molecular weight excluding hydrogens is 302 g/mol. The van der Waals surface area contributed by atoms with Gasteiger partial charge in [0.1, 0.15) is 17.5 Å². The Morgan fingerprint density at radius 2 is 2.00 bits per heavy atom. The molecule has 1 atom stereocenters. The van der Waals surface area contributed by atoms with Gasteiger partial charge >= 0.3 is 0 Å². The second-order valence-corrected chi connectivity index (χ2v) is 6.02. The second-order valence-electron chi connectivity index (χ2n) is 4.37. The molecule has 0 aliphatic carbocycles. The highest BCUT2D eigenvalue weighted by Crippen LogP contribution is 2.24. The number of hydrogen-bond donors (Lipinski definition) is 3. The van der Waals surface area contributed by atoms with Crippen molar-refractivity contribution in [3.05, 3.63) is 42.0 Å². The van der Waals surface area contributed by atoms with Gasteiger partial charge in [-0.1, -0.05) is 6.92 Å². The maximum atomic E-state index is 13.7. The number of imidazole rings is 1. The van der Waals surface area contributed by atoms with Crippen molar-refractivity contribution in [1.82, 2.24) is 14.7 Å². The van der Waals surface area contributed by atoms with Gasteiger partial charge in [0.15, 0.2) is 4.90 Å². The molecule has 0 saturated heterocycles. The fourth-order valence-corrected chi connectivity index (χ4v) is 3.28. The third kappa shape index (κ3) is 3.19. The lowest BCUT2D eigenvalue weighted by Gasteiger charge is -2.16. The number of nitrogens with two attached hydrogens (primary N) is 1. The summed E-state index contributed by atoms with van der Waals surface area (Å²) < 4.78 is 54.1. The topological polar surface area (TPSA) is 101 Å². The van der Waals surface area contributed by atoms with Crippen LogP contribution in [0.4, 0.5) is 14.5 Å². The van der Waals surface area contributed by atoms with Crippen molar-refractivity contribution in [1.29, 1.82) is 0 Å². The van der Waals surface area contributed by atoms with E-state index >= 15 is 0 Å². The number of H-pyrrole nitrogens is 1. The molecule has 2 aromatic rings. The average Bonchev–Trinajstić information content (AvgIpc) is 2.87. The number of nitrogen functional groups attached to an aromatic ring is 1. The molecule has 21 heavy (non-hydrogen) atoms. The molecule has 0 aliphatic heterocycles. The maximum Gasteiger partial charge on any atom is 0.247 e. The van der Waals surface area contributed by atoms with Crippen LogP contribution in [0.25, 0.3) is 0 Å². The summed E-state index contributed by atoms with van der Waals surface area (Å²) in [6.45, 7) is 1.71. The Labute approximate surface area is 120 Å². The molecule has 1 aromatic carbocycles. The summed E-state index contributed by atoms with van der Waals surface area (Å²) in [6.07, 6.45) is 3.33. The zero-order valence-electron chi connectivity index (χ0n) is 11.1. The first-order chi connectivity index (χ1) is 9.85. The number of benzene rings is 1. The van der Waals surface area contributed by atoms with Crippen LogP contribution in [-0.2, 0) is 10.0 Å². The number of sulfonamides is 1. The third-order valence-corrected chi connectivity index (χ3v) is 4.37. The van der Waals surface area contributed by atoms with Crippen LogP contribution in [0.5, 0.6) is 0 Å². The smallest absolute Gasteiger partial charge is 0.247 e. The molecule has 0 fully saturated rings. The van der Waals surface area contributed by atoms with Crippen LogP contribution in [0.2, 0.25) is 0 Å². The van der Waals surface area contributed by atoms with Crippen molar-refractivity contribution >= 4 is 15.7 Å². The Hall–Kier alpha value is -2.00. The van der Waals surface area contributed by atoms with E-state index in [1.165, 1.54) is 12.4 Å². The third-order valence-electron chi connectivity index (χ3n) is 2.84. The molecule has 1 aromatic heterocycles. The van der Waals surface area contributed by atoms with Crippen molar-refractivity contribution in [2.24, 2.45) is 0 Å². The molecule has 4 N–H and O–H groups in total. The summed E-state index contributed by atoms with van der Waals surface area (Å²) in [5, 5.41) is 0. The zero-order valence-corrected chi connectivity index (χ0v) is 11.9. The zero-order chi connectivity index (χ0) is 15.6. The van der Waals surface area contributed by atoms with Crippen molar-refractivity contribution in [3.63, 3.8) is 0 Å². The predicted octanol–water partition coefficient (Wildman–Crippen LogP) is 1.70. The number of hydrogen-bond acceptors (Lipinski definition) is 4. The molecule has 0 spiro atoms. The Morgan fingerprint density at radius 1 is 1.38 bits per heavy atom. The Morgan fingerprint density at radius 3 is 2.48 bits per heavy atom. The van der Waals surface area contributed by atoms with Crippen LogP contribution in [0.1, 0.15) is 25.2 Å². The minimum atomic E-state index is -4.39. The summed E-state index contributed by atoms with van der Waals surface area (Å²) in [6, 6.07) is 0.790. The molecule has 0 bridgehead atoms. The molecule has 0 radical (unpaired) electrons. The Balaban J connectivity index is 2.39. The molecule has 6 nitrogen and oxygen atoms in total. The molecule has 1 unspecified atom stereocenters. The monoisotopic (exact) mass is 316 g/mol. The van der Waals surface area contributed by atoms with E-state index in [1.54, 1.807) is 6.92 Å². The Bertz CT molecular complexity index is 709. The van der Waals surface area contributed by atoms with Gasteiger partial charge in [-0.05, 0) is 18.6 Å². The lowest BCUT2D eigenvalue weighted by atomic mass is 10.2. The van der Waals surface area contributed by atoms with Crippen LogP contribution in [0.3, 0.4) is 0 Å². The molecule has 0 aliphatic rings. The molecule has 0 amide bonds. The maximum absolute atomic E-state index is 13.7. The number of aromatic amines is 1. The van der Waals surface area contributed by atoms with Gasteiger partial charge in [0.2, 0.25) is 10.0 Å². The van der Waals surface area contributed by atoms with Gasteiger partial charge in [0.05, 0.1) is 6.04 Å². The second kappa shape index (κ2) is 5.78. The average molecular weight is 316 g/mol. The van der Waals surface area contributed by atoms with Gasteiger partial charge in [-0.2, -0.15) is 0 Å². The summed E-state index contributed by atoms with van der Waals surface area (Å²) in [7, 11) is -4.39. The largest absolute Gasteiger partial charge is 0.399 e. The van der Waals surface area contributed by atoms with E-state index in [1.807, 2.05) is 0 Å². The standard InChI is InChI=1S/C12H14F2N4O2S/c1-2-10(12-16-3-4-17-12)18-21(19,20)11-8(13)5-7(15)6-9(11)14/h3-6,10,18H,2,15H2,1H3,(H,16,17). The molecular formula is C12H14F2N4O2S. The Kier molecular flexibility index (Phi) is 4.24. The highest BCUT2D eigenvalue weighted by atomic mass is 32.2. The lowest BCUT2D eigenvalue weighted by molar-refractivity contribution is 0.501. The van der Waals surface area contributed by atoms with Crippen LogP contribution in [-0.4, -0.2) is 18.4 Å². The van der Waals surface area contributed by atoms with Gasteiger partial charge < -0.3 is 10.7 Å². The van der Waals surface area contributed by atoms with Crippen molar-refractivity contribution in [3.8, 4) is 0 Å². The number of nitrogens with zero attached hydrogens (tertiary/aromatic N) is 1. The first-order valence-corrected chi connectivity index (χ1v) is 7.59. The minimum absolute atomic E-state index is 0.193. The first kappa shape index (κ1) is 15.4. The molecule has 114 valence electrons. The highest BCUT2D eigenvalue weighted by Gasteiger charge is 2.28. The fourth-order valence-electron chi connectivity index (χ4n) is 1.88. The van der Waals surface area contributed by atoms with Gasteiger partial charge in [0.25, 0.3) is 0 Å². The summed E-state index contributed by atoms with van der Waals surface area (Å²) in [5.74, 6) is -2.12. The van der Waals surface area contributed by atoms with Crippen LogP contribution < -0.4 is 10.5 Å². The van der Waals surface area contributed by atoms with E-state index in [0.717, 1.165) is 12.1 Å². The van der Waals surface area contributed by atoms with Gasteiger partial charge in [-0.15, -0.1) is 0 Å². The SMILES string of the molecule is CCC(NS(=O)(=O)c1c(F)cc(N)cc1F)c1ncc[nH]1. The number of anilines is 1. The van der Waals surface area contributed by atoms with E-state index in [4.69, 9.17) is 5.73 Å². The van der Waals surface area contributed by atoms with Crippen molar-refractivity contribution < 1.29 is 17.2 Å². The van der Waals surface area contributed by atoms with E-state index in [-0.39, 0.29) is 5.69 Å². The first-order valence-electron chi connectivity index (χ1n) is 6.11. The van der Waals surface area contributed by atoms with Crippen LogP contribution in [0, 0.1) is 11.6 Å². The lowest BCUT2D eigenvalue weighted by Crippen LogP contribution is -2.30. The number of nitrogens with one attached hydrogen (secondary N) is 2. The van der Waals surface area contributed by atoms with E-state index in [0.29, 0.717) is 12.2 Å².